The third-order valence-electron chi connectivity index (χ3n) is 1.62. The van der Waals surface area contributed by atoms with E-state index >= 15 is 0 Å². The van der Waals surface area contributed by atoms with Crippen molar-refractivity contribution in [3.05, 3.63) is 29.6 Å². The maximum atomic E-state index is 13.0. The summed E-state index contributed by atoms with van der Waals surface area (Å²) in [5.74, 6) is -2.45. The fraction of sp³-hybridized carbons (Fsp3) is 0.125. The normalized spacial score (nSPS) is 11.1. The highest BCUT2D eigenvalue weighted by molar-refractivity contribution is 7.86. The number of carbonyl (C=O) groups excluding carboxylic acids is 1. The molecule has 0 spiro atoms. The maximum Gasteiger partial charge on any atom is 0.339 e. The molecule has 0 radical (unpaired) electrons. The van der Waals surface area contributed by atoms with Crippen molar-refractivity contribution in [2.75, 3.05) is 7.11 Å². The number of methoxy groups -OCH3 is 1. The summed E-state index contributed by atoms with van der Waals surface area (Å²) < 4.78 is 51.0. The molecule has 0 saturated heterocycles. The molecule has 0 amide bonds. The summed E-state index contributed by atoms with van der Waals surface area (Å²) in [6.07, 6.45) is 0. The van der Waals surface area contributed by atoms with E-state index in [2.05, 4.69) is 4.74 Å². The zero-order valence-corrected chi connectivity index (χ0v) is 8.35. The first kappa shape index (κ1) is 11.6. The zero-order valence-electron chi connectivity index (χ0n) is 7.53. The average Bonchev–Trinajstić information content (AvgIpc) is 2.14. The molecule has 0 aliphatic carbocycles. The Balaban J connectivity index is 3.54. The molecule has 15 heavy (non-hydrogen) atoms. The first-order chi connectivity index (χ1) is 6.88. The van der Waals surface area contributed by atoms with E-state index in [4.69, 9.17) is 0 Å². The van der Waals surface area contributed by atoms with Gasteiger partial charge in [-0.1, -0.05) is 6.07 Å². The van der Waals surface area contributed by atoms with Crippen molar-refractivity contribution in [3.63, 3.8) is 0 Å². The van der Waals surface area contributed by atoms with Crippen LogP contribution in [0.2, 0.25) is 0 Å². The summed E-state index contributed by atoms with van der Waals surface area (Å²) in [4.78, 5) is 9.72. The van der Waals surface area contributed by atoms with E-state index in [-0.39, 0.29) is 0 Å². The van der Waals surface area contributed by atoms with Crippen LogP contribution in [0, 0.1) is 5.82 Å². The topological polar surface area (TPSA) is 60.4 Å². The van der Waals surface area contributed by atoms with Gasteiger partial charge in [-0.25, -0.2) is 9.18 Å². The summed E-state index contributed by atoms with van der Waals surface area (Å²) in [6, 6.07) is 2.77. The predicted molar refractivity (Wildman–Crippen MR) is 46.0 cm³/mol. The molecule has 1 rings (SSSR count). The second-order valence-corrected chi connectivity index (χ2v) is 3.83. The number of benzene rings is 1. The van der Waals surface area contributed by atoms with Crippen LogP contribution in [0.1, 0.15) is 10.4 Å². The maximum absolute atomic E-state index is 13.0. The van der Waals surface area contributed by atoms with Crippen LogP contribution in [0.3, 0.4) is 0 Å². The summed E-state index contributed by atoms with van der Waals surface area (Å²) in [7, 11) is -4.32. The lowest BCUT2D eigenvalue weighted by atomic mass is 10.2. The van der Waals surface area contributed by atoms with Crippen LogP contribution in [0.25, 0.3) is 0 Å². The molecule has 0 saturated carbocycles. The Hall–Kier alpha value is -1.50. The first-order valence-corrected chi connectivity index (χ1v) is 5.07. The van der Waals surface area contributed by atoms with Gasteiger partial charge in [0.25, 0.3) is 0 Å². The van der Waals surface area contributed by atoms with Gasteiger partial charge in [0, 0.05) is 0 Å². The summed E-state index contributed by atoms with van der Waals surface area (Å²) in [5.41, 5.74) is -0.667. The van der Waals surface area contributed by atoms with E-state index in [0.29, 0.717) is 0 Å². The van der Waals surface area contributed by atoms with Crippen LogP contribution >= 0.6 is 0 Å². The smallest absolute Gasteiger partial charge is 0.339 e. The van der Waals surface area contributed by atoms with E-state index < -0.39 is 32.5 Å². The van der Waals surface area contributed by atoms with Crippen molar-refractivity contribution in [3.8, 4) is 0 Å². The van der Waals surface area contributed by atoms with Gasteiger partial charge in [0.2, 0.25) is 0 Å². The number of hydrogen-bond donors (Lipinski definition) is 0. The van der Waals surface area contributed by atoms with Crippen LogP contribution in [0.5, 0.6) is 0 Å². The second kappa shape index (κ2) is 3.93. The van der Waals surface area contributed by atoms with Gasteiger partial charge < -0.3 is 4.74 Å². The molecule has 0 N–H and O–H groups in total. The fourth-order valence-corrected chi connectivity index (χ4v) is 1.74. The first-order valence-electron chi connectivity index (χ1n) is 3.69. The van der Waals surface area contributed by atoms with Gasteiger partial charge in [0.1, 0.15) is 10.7 Å². The van der Waals surface area contributed by atoms with Crippen molar-refractivity contribution >= 4 is 16.2 Å². The van der Waals surface area contributed by atoms with E-state index in [1.54, 1.807) is 0 Å². The minimum Gasteiger partial charge on any atom is -0.465 e. The SMILES string of the molecule is COC(=O)c1cccc(F)c1S(=O)(=O)F. The molecule has 0 fully saturated rings. The van der Waals surface area contributed by atoms with Crippen LogP contribution in [0.4, 0.5) is 8.28 Å². The van der Waals surface area contributed by atoms with Crippen LogP contribution < -0.4 is 0 Å². The second-order valence-electron chi connectivity index (χ2n) is 2.55. The van der Waals surface area contributed by atoms with Crippen molar-refractivity contribution < 1.29 is 26.2 Å². The minimum absolute atomic E-state index is 0.667. The molecule has 0 heterocycles. The number of esters is 1. The zero-order chi connectivity index (χ0) is 11.6. The summed E-state index contributed by atoms with van der Waals surface area (Å²) in [5, 5.41) is 0. The Bertz CT molecular complexity index is 495. The minimum atomic E-state index is -5.30. The van der Waals surface area contributed by atoms with E-state index in [9.17, 15) is 21.5 Å². The highest BCUT2D eigenvalue weighted by Gasteiger charge is 2.26. The van der Waals surface area contributed by atoms with Gasteiger partial charge in [-0.15, -0.1) is 3.89 Å². The monoisotopic (exact) mass is 236 g/mol. The summed E-state index contributed by atoms with van der Waals surface area (Å²) >= 11 is 0. The molecule has 1 aromatic rings. The Kier molecular flexibility index (Phi) is 3.04. The molecule has 1 aromatic carbocycles. The lowest BCUT2D eigenvalue weighted by Crippen LogP contribution is -2.09. The van der Waals surface area contributed by atoms with Gasteiger partial charge in [-0.05, 0) is 12.1 Å². The van der Waals surface area contributed by atoms with Crippen molar-refractivity contribution in [2.24, 2.45) is 0 Å². The van der Waals surface area contributed by atoms with Crippen LogP contribution in [0.15, 0.2) is 23.1 Å². The van der Waals surface area contributed by atoms with Crippen molar-refractivity contribution in [1.82, 2.24) is 0 Å². The van der Waals surface area contributed by atoms with Crippen molar-refractivity contribution in [1.29, 1.82) is 0 Å². The fourth-order valence-electron chi connectivity index (χ4n) is 1.03. The third kappa shape index (κ3) is 2.30. The predicted octanol–water partition coefficient (Wildman–Crippen LogP) is 1.27. The molecule has 0 bridgehead atoms. The van der Waals surface area contributed by atoms with Crippen LogP contribution in [-0.4, -0.2) is 21.5 Å². The molecular formula is C8H6F2O4S. The molecule has 0 aliphatic heterocycles. The molecule has 0 atom stereocenters. The average molecular weight is 236 g/mol. The molecule has 7 heteroatoms. The lowest BCUT2D eigenvalue weighted by molar-refractivity contribution is 0.0595. The molecule has 0 unspecified atom stereocenters. The highest BCUT2D eigenvalue weighted by atomic mass is 32.3. The summed E-state index contributed by atoms with van der Waals surface area (Å²) in [6.45, 7) is 0. The molecule has 82 valence electrons. The number of ether oxygens (including phenoxy) is 1. The molecular weight excluding hydrogens is 230 g/mol. The Morgan fingerprint density at radius 1 is 1.40 bits per heavy atom. The number of carbonyl (C=O) groups is 1. The van der Waals surface area contributed by atoms with Gasteiger partial charge in [-0.2, -0.15) is 8.42 Å². The lowest BCUT2D eigenvalue weighted by Gasteiger charge is -2.04. The molecule has 0 aliphatic rings. The standard InChI is InChI=1S/C8H6F2O4S/c1-14-8(11)5-3-2-4-6(9)7(5)15(10,12)13/h2-4H,1H3. The highest BCUT2D eigenvalue weighted by Crippen LogP contribution is 2.22. The number of halogens is 2. The van der Waals surface area contributed by atoms with Crippen molar-refractivity contribution in [2.45, 2.75) is 4.90 Å². The molecule has 0 aromatic heterocycles. The Morgan fingerprint density at radius 3 is 2.47 bits per heavy atom. The number of rotatable bonds is 2. The van der Waals surface area contributed by atoms with Gasteiger partial charge >= 0.3 is 16.2 Å². The Morgan fingerprint density at radius 2 is 2.00 bits per heavy atom. The van der Waals surface area contributed by atoms with Gasteiger partial charge in [0.05, 0.1) is 12.7 Å². The number of hydrogen-bond acceptors (Lipinski definition) is 4. The Labute approximate surface area is 84.7 Å². The molecule has 4 nitrogen and oxygen atoms in total. The van der Waals surface area contributed by atoms with Crippen LogP contribution in [-0.2, 0) is 15.0 Å². The van der Waals surface area contributed by atoms with E-state index in [1.807, 2.05) is 0 Å². The van der Waals surface area contributed by atoms with E-state index in [0.717, 1.165) is 25.3 Å². The third-order valence-corrected chi connectivity index (χ3v) is 2.52. The van der Waals surface area contributed by atoms with Gasteiger partial charge in [-0.3, -0.25) is 0 Å². The van der Waals surface area contributed by atoms with E-state index in [1.165, 1.54) is 0 Å². The largest absolute Gasteiger partial charge is 0.465 e. The van der Waals surface area contributed by atoms with Gasteiger partial charge in [0.15, 0.2) is 0 Å². The quantitative estimate of drug-likeness (QED) is 0.573.